The number of aromatic carboxylic acids is 1. The molecule has 0 radical (unpaired) electrons. The summed E-state index contributed by atoms with van der Waals surface area (Å²) in [6.45, 7) is 2.29. The fraction of sp³-hybridized carbons (Fsp3) is 0.167. The lowest BCUT2D eigenvalue weighted by Crippen LogP contribution is -2.23. The lowest BCUT2D eigenvalue weighted by atomic mass is 10.1. The first-order valence-corrected chi connectivity index (χ1v) is 5.85. The van der Waals surface area contributed by atoms with Gasteiger partial charge >= 0.3 is 5.97 Å². The summed E-state index contributed by atoms with van der Waals surface area (Å²) in [6, 6.07) is 2.22. The Balaban J connectivity index is 2.92. The summed E-state index contributed by atoms with van der Waals surface area (Å²) in [5.74, 6) is -2.13. The third kappa shape index (κ3) is 2.26. The first kappa shape index (κ1) is 13.4. The van der Waals surface area contributed by atoms with Gasteiger partial charge in [-0.1, -0.05) is 11.6 Å². The van der Waals surface area contributed by atoms with Crippen molar-refractivity contribution in [3.8, 4) is 0 Å². The molecule has 0 bridgehead atoms. The van der Waals surface area contributed by atoms with Crippen molar-refractivity contribution >= 4 is 28.5 Å². The van der Waals surface area contributed by atoms with E-state index in [2.05, 4.69) is 5.43 Å². The number of carboxylic acids is 1. The number of aromatic nitrogens is 1. The van der Waals surface area contributed by atoms with Crippen LogP contribution in [0.2, 0.25) is 5.02 Å². The summed E-state index contributed by atoms with van der Waals surface area (Å²) in [5.41, 5.74) is 2.00. The van der Waals surface area contributed by atoms with Crippen molar-refractivity contribution in [2.24, 2.45) is 0 Å². The summed E-state index contributed by atoms with van der Waals surface area (Å²) in [4.78, 5) is 23.0. The molecule has 0 spiro atoms. The minimum absolute atomic E-state index is 0.0391. The number of nitrogens with one attached hydrogen (secondary N) is 1. The maximum absolute atomic E-state index is 13.4. The lowest BCUT2D eigenvalue weighted by Gasteiger charge is -2.13. The molecule has 0 aliphatic heterocycles. The Morgan fingerprint density at radius 2 is 2.21 bits per heavy atom. The zero-order valence-corrected chi connectivity index (χ0v) is 10.7. The van der Waals surface area contributed by atoms with Crippen LogP contribution in [0.5, 0.6) is 0 Å². The highest BCUT2D eigenvalue weighted by atomic mass is 35.5. The van der Waals surface area contributed by atoms with Gasteiger partial charge in [-0.25, -0.2) is 9.18 Å². The zero-order valence-electron chi connectivity index (χ0n) is 9.91. The molecule has 1 heterocycles. The summed E-state index contributed by atoms with van der Waals surface area (Å²) in [7, 11) is 0. The second kappa shape index (κ2) is 4.89. The number of nitrogens with zero attached hydrogens (tertiary/aromatic N) is 1. The van der Waals surface area contributed by atoms with Gasteiger partial charge in [-0.3, -0.25) is 9.47 Å². The van der Waals surface area contributed by atoms with Crippen molar-refractivity contribution in [3.05, 3.63) is 45.0 Å². The molecular weight excluding hydrogens is 275 g/mol. The summed E-state index contributed by atoms with van der Waals surface area (Å²) < 4.78 is 14.8. The largest absolute Gasteiger partial charge is 0.477 e. The number of halogens is 2. The van der Waals surface area contributed by atoms with Crippen LogP contribution < -0.4 is 10.9 Å². The molecule has 19 heavy (non-hydrogen) atoms. The Kier molecular flexibility index (Phi) is 3.44. The number of benzene rings is 1. The van der Waals surface area contributed by atoms with Gasteiger partial charge in [-0.05, 0) is 19.1 Å². The number of carbonyl (C=O) groups is 1. The van der Waals surface area contributed by atoms with E-state index in [9.17, 15) is 14.0 Å². The Hall–Kier alpha value is -2.08. The average Bonchev–Trinajstić information content (AvgIpc) is 2.35. The van der Waals surface area contributed by atoms with Crippen molar-refractivity contribution < 1.29 is 14.3 Å². The van der Waals surface area contributed by atoms with Crippen LogP contribution >= 0.6 is 11.6 Å². The van der Waals surface area contributed by atoms with Gasteiger partial charge in [0.25, 0.3) is 0 Å². The van der Waals surface area contributed by atoms with Crippen molar-refractivity contribution in [2.45, 2.75) is 6.92 Å². The van der Waals surface area contributed by atoms with E-state index in [0.29, 0.717) is 12.1 Å². The third-order valence-corrected chi connectivity index (χ3v) is 2.89. The highest BCUT2D eigenvalue weighted by molar-refractivity contribution is 6.31. The van der Waals surface area contributed by atoms with Crippen LogP contribution in [-0.4, -0.2) is 22.3 Å². The average molecular weight is 285 g/mol. The highest BCUT2D eigenvalue weighted by Crippen LogP contribution is 2.21. The minimum atomic E-state index is -1.37. The zero-order chi connectivity index (χ0) is 14.2. The molecule has 5 nitrogen and oxygen atoms in total. The Bertz CT molecular complexity index is 727. The number of hydrogen-bond acceptors (Lipinski definition) is 3. The molecule has 2 rings (SSSR count). The van der Waals surface area contributed by atoms with Crippen LogP contribution in [0.4, 0.5) is 4.39 Å². The van der Waals surface area contributed by atoms with Crippen molar-refractivity contribution in [1.82, 2.24) is 4.68 Å². The van der Waals surface area contributed by atoms with Crippen molar-refractivity contribution in [1.29, 1.82) is 0 Å². The Labute approximate surface area is 112 Å². The van der Waals surface area contributed by atoms with Crippen LogP contribution in [0, 0.1) is 5.82 Å². The van der Waals surface area contributed by atoms with E-state index in [1.54, 1.807) is 6.92 Å². The number of rotatable bonds is 3. The molecule has 2 aromatic rings. The topological polar surface area (TPSA) is 71.3 Å². The van der Waals surface area contributed by atoms with E-state index in [4.69, 9.17) is 16.7 Å². The molecular formula is C12H10ClFN2O3. The van der Waals surface area contributed by atoms with Gasteiger partial charge in [-0.2, -0.15) is 0 Å². The molecule has 0 saturated heterocycles. The van der Waals surface area contributed by atoms with E-state index >= 15 is 0 Å². The molecule has 0 saturated carbocycles. The Morgan fingerprint density at radius 1 is 1.53 bits per heavy atom. The number of hydrogen-bond donors (Lipinski definition) is 2. The highest BCUT2D eigenvalue weighted by Gasteiger charge is 2.16. The number of pyridine rings is 1. The molecule has 0 fully saturated rings. The van der Waals surface area contributed by atoms with Gasteiger partial charge in [0.05, 0.1) is 15.9 Å². The normalized spacial score (nSPS) is 10.7. The lowest BCUT2D eigenvalue weighted by molar-refractivity contribution is 0.0695. The molecule has 7 heteroatoms. The third-order valence-electron chi connectivity index (χ3n) is 2.60. The van der Waals surface area contributed by atoms with Crippen molar-refractivity contribution in [3.63, 3.8) is 0 Å². The van der Waals surface area contributed by atoms with E-state index in [0.717, 1.165) is 12.3 Å². The van der Waals surface area contributed by atoms with Crippen LogP contribution in [-0.2, 0) is 0 Å². The minimum Gasteiger partial charge on any atom is -0.477 e. The molecule has 0 amide bonds. The monoisotopic (exact) mass is 284 g/mol. The van der Waals surface area contributed by atoms with E-state index in [-0.39, 0.29) is 10.4 Å². The smallest absolute Gasteiger partial charge is 0.341 e. The van der Waals surface area contributed by atoms with Gasteiger partial charge in [0.1, 0.15) is 11.4 Å². The van der Waals surface area contributed by atoms with Gasteiger partial charge in [0.2, 0.25) is 5.43 Å². The molecule has 1 aromatic carbocycles. The standard InChI is InChI=1S/C12H10ClFN2O3/c1-2-15-16-5-7(12(18)19)11(17)6-3-9(14)8(13)4-10(6)16/h3-5,15H,2H2,1H3,(H,18,19). The van der Waals surface area contributed by atoms with Crippen LogP contribution in [0.25, 0.3) is 10.9 Å². The summed E-state index contributed by atoms with van der Waals surface area (Å²) in [6.07, 6.45) is 1.16. The second-order valence-electron chi connectivity index (χ2n) is 3.84. The van der Waals surface area contributed by atoms with Gasteiger partial charge in [0, 0.05) is 12.7 Å². The van der Waals surface area contributed by atoms with Crippen LogP contribution in [0.1, 0.15) is 17.3 Å². The van der Waals surface area contributed by atoms with Gasteiger partial charge < -0.3 is 10.5 Å². The molecule has 0 unspecified atom stereocenters. The first-order chi connectivity index (χ1) is 8.95. The fourth-order valence-corrected chi connectivity index (χ4v) is 1.93. The predicted octanol–water partition coefficient (Wildman–Crippen LogP) is 2.06. The van der Waals surface area contributed by atoms with Crippen molar-refractivity contribution in [2.75, 3.05) is 12.0 Å². The molecule has 0 atom stereocenters. The quantitative estimate of drug-likeness (QED) is 0.905. The molecule has 0 aliphatic carbocycles. The van der Waals surface area contributed by atoms with E-state index < -0.39 is 22.8 Å². The van der Waals surface area contributed by atoms with Crippen LogP contribution in [0.3, 0.4) is 0 Å². The maximum Gasteiger partial charge on any atom is 0.341 e. The maximum atomic E-state index is 13.4. The number of fused-ring (bicyclic) bond motifs is 1. The summed E-state index contributed by atoms with van der Waals surface area (Å²) in [5, 5.41) is 8.80. The fourth-order valence-electron chi connectivity index (χ4n) is 1.77. The number of carboxylic acid groups (broad SMARTS) is 1. The SMILES string of the molecule is CCNn1cc(C(=O)O)c(=O)c2cc(F)c(Cl)cc21. The molecule has 2 N–H and O–H groups in total. The molecule has 100 valence electrons. The first-order valence-electron chi connectivity index (χ1n) is 5.47. The summed E-state index contributed by atoms with van der Waals surface area (Å²) >= 11 is 5.68. The van der Waals surface area contributed by atoms with Gasteiger partial charge in [-0.15, -0.1) is 0 Å². The van der Waals surface area contributed by atoms with Gasteiger partial charge in [0.15, 0.2) is 0 Å². The van der Waals surface area contributed by atoms with E-state index in [1.165, 1.54) is 10.7 Å². The van der Waals surface area contributed by atoms with Crippen LogP contribution in [0.15, 0.2) is 23.1 Å². The predicted molar refractivity (Wildman–Crippen MR) is 70.0 cm³/mol. The second-order valence-corrected chi connectivity index (χ2v) is 4.25. The molecule has 0 aliphatic rings. The Morgan fingerprint density at radius 3 is 2.79 bits per heavy atom. The molecule has 1 aromatic heterocycles. The van der Waals surface area contributed by atoms with E-state index in [1.807, 2.05) is 0 Å².